The first-order chi connectivity index (χ1) is 17.2. The van der Waals surface area contributed by atoms with Gasteiger partial charge in [0.15, 0.2) is 0 Å². The Bertz CT molecular complexity index is 949. The van der Waals surface area contributed by atoms with Crippen molar-refractivity contribution in [3.05, 3.63) is 29.8 Å². The number of nitrogens with two attached hydrogens (primary N) is 2. The van der Waals surface area contributed by atoms with Crippen LogP contribution in [0.15, 0.2) is 24.3 Å². The molecule has 0 spiro atoms. The summed E-state index contributed by atoms with van der Waals surface area (Å²) in [6.45, 7) is 7.34. The summed E-state index contributed by atoms with van der Waals surface area (Å²) in [6, 6.07) is 1.29. The van der Waals surface area contributed by atoms with E-state index < -0.39 is 60.2 Å². The van der Waals surface area contributed by atoms with Gasteiger partial charge in [-0.1, -0.05) is 39.8 Å². The number of nitrogens with one attached hydrogen (secondary N) is 3. The minimum Gasteiger partial charge on any atom is -0.508 e. The molecule has 1 rings (SSSR count). The number of hydrogen-bond donors (Lipinski definition) is 7. The molecular weight excluding hydrogens is 482 g/mol. The zero-order valence-corrected chi connectivity index (χ0v) is 21.7. The van der Waals surface area contributed by atoms with Crippen molar-refractivity contribution in [2.45, 2.75) is 77.5 Å². The molecule has 12 heteroatoms. The maximum Gasteiger partial charge on any atom is 0.326 e. The highest BCUT2D eigenvalue weighted by Gasteiger charge is 2.31. The minimum atomic E-state index is -1.28. The minimum absolute atomic E-state index is 0.00838. The summed E-state index contributed by atoms with van der Waals surface area (Å²) in [5.41, 5.74) is 11.4. The van der Waals surface area contributed by atoms with Crippen LogP contribution in [0.4, 0.5) is 0 Å². The summed E-state index contributed by atoms with van der Waals surface area (Å²) in [5, 5.41) is 26.6. The van der Waals surface area contributed by atoms with Crippen molar-refractivity contribution in [1.29, 1.82) is 0 Å². The van der Waals surface area contributed by atoms with Gasteiger partial charge in [0.25, 0.3) is 0 Å². The van der Waals surface area contributed by atoms with Gasteiger partial charge in [-0.2, -0.15) is 0 Å². The van der Waals surface area contributed by atoms with Gasteiger partial charge in [0.05, 0.1) is 12.5 Å². The molecule has 37 heavy (non-hydrogen) atoms. The van der Waals surface area contributed by atoms with Crippen molar-refractivity contribution in [3.8, 4) is 5.75 Å². The lowest BCUT2D eigenvalue weighted by Gasteiger charge is -2.26. The quantitative estimate of drug-likeness (QED) is 0.163. The third-order valence-corrected chi connectivity index (χ3v) is 5.43. The lowest BCUT2D eigenvalue weighted by atomic mass is 9.99. The summed E-state index contributed by atoms with van der Waals surface area (Å²) in [4.78, 5) is 61.6. The van der Waals surface area contributed by atoms with Gasteiger partial charge in [-0.15, -0.1) is 0 Å². The predicted octanol–water partition coefficient (Wildman–Crippen LogP) is -0.231. The average Bonchev–Trinajstić information content (AvgIpc) is 2.77. The molecule has 1 aromatic rings. The second kappa shape index (κ2) is 14.8. The first kappa shape index (κ1) is 31.4. The van der Waals surface area contributed by atoms with Crippen LogP contribution >= 0.6 is 0 Å². The van der Waals surface area contributed by atoms with Gasteiger partial charge in [-0.05, 0) is 42.4 Å². The second-order valence-electron chi connectivity index (χ2n) is 9.93. The van der Waals surface area contributed by atoms with Crippen molar-refractivity contribution in [3.63, 3.8) is 0 Å². The molecule has 0 radical (unpaired) electrons. The molecule has 4 amide bonds. The summed E-state index contributed by atoms with van der Waals surface area (Å²) < 4.78 is 0. The van der Waals surface area contributed by atoms with Gasteiger partial charge >= 0.3 is 5.97 Å². The lowest BCUT2D eigenvalue weighted by molar-refractivity contribution is -0.143. The molecule has 0 fully saturated rings. The number of aromatic hydroxyl groups is 1. The van der Waals surface area contributed by atoms with E-state index in [4.69, 9.17) is 11.5 Å². The molecule has 0 saturated heterocycles. The van der Waals surface area contributed by atoms with Crippen LogP contribution < -0.4 is 27.4 Å². The summed E-state index contributed by atoms with van der Waals surface area (Å²) in [7, 11) is 0. The Labute approximate surface area is 216 Å². The normalized spacial score (nSPS) is 14.4. The highest BCUT2D eigenvalue weighted by molar-refractivity contribution is 5.95. The molecule has 0 heterocycles. The number of hydrogen-bond acceptors (Lipinski definition) is 7. The number of rotatable bonds is 15. The third-order valence-electron chi connectivity index (χ3n) is 5.43. The molecule has 4 unspecified atom stereocenters. The molecule has 4 atom stereocenters. The molecule has 12 nitrogen and oxygen atoms in total. The lowest BCUT2D eigenvalue weighted by Crippen LogP contribution is -2.58. The Morgan fingerprint density at radius 2 is 1.24 bits per heavy atom. The fourth-order valence-electron chi connectivity index (χ4n) is 3.61. The molecule has 0 saturated carbocycles. The Morgan fingerprint density at radius 3 is 1.73 bits per heavy atom. The van der Waals surface area contributed by atoms with Crippen molar-refractivity contribution >= 4 is 29.6 Å². The van der Waals surface area contributed by atoms with E-state index in [-0.39, 0.29) is 36.8 Å². The van der Waals surface area contributed by atoms with Gasteiger partial charge in [0.1, 0.15) is 23.9 Å². The average molecular weight is 522 g/mol. The van der Waals surface area contributed by atoms with E-state index in [1.165, 1.54) is 12.1 Å². The first-order valence-electron chi connectivity index (χ1n) is 12.1. The molecule has 0 aromatic heterocycles. The largest absolute Gasteiger partial charge is 0.508 e. The van der Waals surface area contributed by atoms with Crippen LogP contribution in [0.25, 0.3) is 0 Å². The van der Waals surface area contributed by atoms with Crippen molar-refractivity contribution < 1.29 is 34.2 Å². The van der Waals surface area contributed by atoms with E-state index in [9.17, 15) is 34.2 Å². The third kappa shape index (κ3) is 11.7. The maximum atomic E-state index is 13.3. The van der Waals surface area contributed by atoms with Gasteiger partial charge in [0, 0.05) is 6.42 Å². The zero-order chi connectivity index (χ0) is 28.3. The molecule has 0 aliphatic carbocycles. The monoisotopic (exact) mass is 521 g/mol. The SMILES string of the molecule is CC(C)CC(NC(=O)C(CC(C)C)NC(=O)C(Cc1ccc(O)cc1)NC(=O)C(N)CC(N)=O)C(=O)O. The molecular formula is C25H39N5O7. The number of primary amides is 1. The Kier molecular flexibility index (Phi) is 12.5. The molecule has 0 aliphatic rings. The van der Waals surface area contributed by atoms with Gasteiger partial charge in [0.2, 0.25) is 23.6 Å². The predicted molar refractivity (Wildman–Crippen MR) is 136 cm³/mol. The maximum absolute atomic E-state index is 13.3. The second-order valence-corrected chi connectivity index (χ2v) is 9.93. The van der Waals surface area contributed by atoms with Crippen LogP contribution in [0.2, 0.25) is 0 Å². The number of carboxylic acids is 1. The number of phenolic OH excluding ortho intramolecular Hbond substituents is 1. The van der Waals surface area contributed by atoms with E-state index in [0.29, 0.717) is 5.56 Å². The summed E-state index contributed by atoms with van der Waals surface area (Å²) >= 11 is 0. The first-order valence-corrected chi connectivity index (χ1v) is 12.1. The number of carboxylic acid groups (broad SMARTS) is 1. The highest BCUT2D eigenvalue weighted by atomic mass is 16.4. The molecule has 206 valence electrons. The van der Waals surface area contributed by atoms with Crippen LogP contribution in [0.1, 0.15) is 52.5 Å². The van der Waals surface area contributed by atoms with E-state index >= 15 is 0 Å². The van der Waals surface area contributed by atoms with Crippen LogP contribution in [-0.4, -0.2) is 64.0 Å². The van der Waals surface area contributed by atoms with Crippen LogP contribution in [0.5, 0.6) is 5.75 Å². The van der Waals surface area contributed by atoms with E-state index in [1.807, 2.05) is 27.7 Å². The molecule has 0 aliphatic heterocycles. The fraction of sp³-hybridized carbons (Fsp3) is 0.560. The standard InChI is InChI=1S/C25H39N5O7/c1-13(2)9-18(23(34)30-20(25(36)37)10-14(3)4)29-24(35)19(11-15-5-7-16(31)8-6-15)28-22(33)17(26)12-21(27)32/h5-8,13-14,17-20,31H,9-12,26H2,1-4H3,(H2,27,32)(H,28,33)(H,29,35)(H,30,34)(H,36,37). The molecule has 1 aromatic carbocycles. The number of carbonyl (C=O) groups excluding carboxylic acids is 4. The summed E-state index contributed by atoms with van der Waals surface area (Å²) in [6.07, 6.45) is -0.0141. The Balaban J connectivity index is 3.15. The van der Waals surface area contributed by atoms with E-state index in [1.54, 1.807) is 12.1 Å². The van der Waals surface area contributed by atoms with Crippen LogP contribution in [0, 0.1) is 11.8 Å². The number of benzene rings is 1. The zero-order valence-electron chi connectivity index (χ0n) is 21.7. The number of aliphatic carboxylic acids is 1. The van der Waals surface area contributed by atoms with Gasteiger partial charge in [-0.25, -0.2) is 4.79 Å². The van der Waals surface area contributed by atoms with Crippen molar-refractivity contribution in [2.24, 2.45) is 23.3 Å². The smallest absolute Gasteiger partial charge is 0.326 e. The van der Waals surface area contributed by atoms with Crippen LogP contribution in [0.3, 0.4) is 0 Å². The highest BCUT2D eigenvalue weighted by Crippen LogP contribution is 2.13. The Hall–Kier alpha value is -3.67. The van der Waals surface area contributed by atoms with Crippen molar-refractivity contribution in [2.75, 3.05) is 0 Å². The molecule has 0 bridgehead atoms. The van der Waals surface area contributed by atoms with Crippen molar-refractivity contribution in [1.82, 2.24) is 16.0 Å². The number of amides is 4. The topological polar surface area (TPSA) is 214 Å². The van der Waals surface area contributed by atoms with E-state index in [0.717, 1.165) is 0 Å². The molecule has 9 N–H and O–H groups in total. The van der Waals surface area contributed by atoms with Crippen LogP contribution in [-0.2, 0) is 30.4 Å². The fourth-order valence-corrected chi connectivity index (χ4v) is 3.61. The summed E-state index contributed by atoms with van der Waals surface area (Å²) in [5.74, 6) is -4.12. The van der Waals surface area contributed by atoms with Gasteiger partial charge in [-0.3, -0.25) is 19.2 Å². The Morgan fingerprint density at radius 1 is 0.784 bits per heavy atom. The van der Waals surface area contributed by atoms with E-state index in [2.05, 4.69) is 16.0 Å². The number of phenols is 1. The van der Waals surface area contributed by atoms with Gasteiger partial charge < -0.3 is 37.6 Å². The number of carbonyl (C=O) groups is 5.